The highest BCUT2D eigenvalue weighted by atomic mass is 16.3. The number of fused-ring (bicyclic) bond motifs is 7. The second kappa shape index (κ2) is 8.22. The first-order valence-electron chi connectivity index (χ1n) is 13.0. The van der Waals surface area contributed by atoms with E-state index in [1.807, 2.05) is 6.07 Å². The van der Waals surface area contributed by atoms with Crippen molar-refractivity contribution in [3.05, 3.63) is 140 Å². The van der Waals surface area contributed by atoms with E-state index in [4.69, 9.17) is 4.42 Å². The number of anilines is 3. The summed E-state index contributed by atoms with van der Waals surface area (Å²) in [4.78, 5) is 2.42. The minimum absolute atomic E-state index is 0.909. The largest absolute Gasteiger partial charge is 0.455 e. The van der Waals surface area contributed by atoms with Crippen molar-refractivity contribution < 1.29 is 4.42 Å². The summed E-state index contributed by atoms with van der Waals surface area (Å²) in [5, 5.41) is 9.38. The lowest BCUT2D eigenvalue weighted by atomic mass is 10.00. The van der Waals surface area contributed by atoms with Crippen molar-refractivity contribution in [1.29, 1.82) is 0 Å². The molecule has 38 heavy (non-hydrogen) atoms. The van der Waals surface area contributed by atoms with E-state index in [9.17, 15) is 0 Å². The Morgan fingerprint density at radius 2 is 0.895 bits per heavy atom. The number of hydrogen-bond acceptors (Lipinski definition) is 2. The molecule has 0 saturated carbocycles. The fourth-order valence-electron chi connectivity index (χ4n) is 5.92. The lowest BCUT2D eigenvalue weighted by molar-refractivity contribution is 0.672. The molecule has 1 aromatic heterocycles. The molecule has 0 spiro atoms. The Labute approximate surface area is 220 Å². The molecule has 0 aliphatic heterocycles. The molecule has 0 aliphatic carbocycles. The standard InChI is InChI=1S/C36H23NO/c1-3-15-27-24(10-1)12-7-18-31(27)37(32-19-8-13-25-11-2-4-16-28(25)32)33-20-9-14-26-22-23-30-29-17-5-6-21-34(29)38-36(30)35(26)33/h1-23H. The summed E-state index contributed by atoms with van der Waals surface area (Å²) in [7, 11) is 0. The summed E-state index contributed by atoms with van der Waals surface area (Å²) in [6.07, 6.45) is 0. The fraction of sp³-hybridized carbons (Fsp3) is 0. The second-order valence-electron chi connectivity index (χ2n) is 9.75. The Hall–Kier alpha value is -5.08. The van der Waals surface area contributed by atoms with Gasteiger partial charge in [-0.15, -0.1) is 0 Å². The Kier molecular flexibility index (Phi) is 4.55. The number of furan rings is 1. The van der Waals surface area contributed by atoms with Gasteiger partial charge in [0, 0.05) is 26.9 Å². The first-order valence-corrected chi connectivity index (χ1v) is 13.0. The van der Waals surface area contributed by atoms with Crippen molar-refractivity contribution in [2.24, 2.45) is 0 Å². The van der Waals surface area contributed by atoms with Gasteiger partial charge in [-0.1, -0.05) is 109 Å². The minimum atomic E-state index is 0.909. The van der Waals surface area contributed by atoms with Crippen LogP contribution in [-0.2, 0) is 0 Å². The first kappa shape index (κ1) is 21.0. The molecule has 0 amide bonds. The average molecular weight is 486 g/mol. The maximum absolute atomic E-state index is 6.58. The highest BCUT2D eigenvalue weighted by Crippen LogP contribution is 2.46. The summed E-state index contributed by atoms with van der Waals surface area (Å²) >= 11 is 0. The maximum Gasteiger partial charge on any atom is 0.145 e. The van der Waals surface area contributed by atoms with E-state index in [1.165, 1.54) is 21.5 Å². The van der Waals surface area contributed by atoms with Gasteiger partial charge in [-0.25, -0.2) is 0 Å². The SMILES string of the molecule is c1ccc2c(N(c3cccc4ccccc34)c3cccc4ccc5c6ccccc6oc5c34)cccc2c1. The van der Waals surface area contributed by atoms with Gasteiger partial charge >= 0.3 is 0 Å². The van der Waals surface area contributed by atoms with Crippen LogP contribution in [0.3, 0.4) is 0 Å². The molecule has 0 radical (unpaired) electrons. The van der Waals surface area contributed by atoms with E-state index in [0.717, 1.165) is 49.8 Å². The molecule has 1 heterocycles. The molecule has 8 aromatic rings. The summed E-state index contributed by atoms with van der Waals surface area (Å²) in [6, 6.07) is 49.6. The van der Waals surface area contributed by atoms with Crippen molar-refractivity contribution in [3.63, 3.8) is 0 Å². The van der Waals surface area contributed by atoms with Gasteiger partial charge in [-0.3, -0.25) is 0 Å². The van der Waals surface area contributed by atoms with E-state index in [2.05, 4.69) is 138 Å². The van der Waals surface area contributed by atoms with Crippen LogP contribution in [0.2, 0.25) is 0 Å². The van der Waals surface area contributed by atoms with Crippen LogP contribution in [0.4, 0.5) is 17.1 Å². The normalized spacial score (nSPS) is 11.7. The number of nitrogens with zero attached hydrogens (tertiary/aromatic N) is 1. The molecular formula is C36H23NO. The lowest BCUT2D eigenvalue weighted by Crippen LogP contribution is -2.11. The maximum atomic E-state index is 6.58. The molecule has 0 saturated heterocycles. The van der Waals surface area contributed by atoms with Crippen molar-refractivity contribution >= 4 is 71.3 Å². The van der Waals surface area contributed by atoms with Gasteiger partial charge in [0.2, 0.25) is 0 Å². The molecule has 8 rings (SSSR count). The predicted molar refractivity (Wildman–Crippen MR) is 161 cm³/mol. The van der Waals surface area contributed by atoms with Gasteiger partial charge in [-0.05, 0) is 46.5 Å². The number of para-hydroxylation sites is 1. The van der Waals surface area contributed by atoms with Crippen molar-refractivity contribution in [2.45, 2.75) is 0 Å². The molecule has 0 atom stereocenters. The molecule has 2 nitrogen and oxygen atoms in total. The van der Waals surface area contributed by atoms with E-state index in [0.29, 0.717) is 0 Å². The average Bonchev–Trinajstić information content (AvgIpc) is 3.37. The van der Waals surface area contributed by atoms with E-state index in [1.54, 1.807) is 0 Å². The van der Waals surface area contributed by atoms with Crippen LogP contribution in [-0.4, -0.2) is 0 Å². The topological polar surface area (TPSA) is 16.4 Å². The number of rotatable bonds is 3. The van der Waals surface area contributed by atoms with Crippen LogP contribution in [0.15, 0.2) is 144 Å². The van der Waals surface area contributed by atoms with E-state index >= 15 is 0 Å². The van der Waals surface area contributed by atoms with E-state index < -0.39 is 0 Å². The van der Waals surface area contributed by atoms with Crippen LogP contribution in [0.5, 0.6) is 0 Å². The molecule has 0 aliphatic rings. The first-order chi connectivity index (χ1) is 18.9. The van der Waals surface area contributed by atoms with Crippen LogP contribution in [0.25, 0.3) is 54.3 Å². The fourth-order valence-corrected chi connectivity index (χ4v) is 5.92. The summed E-state index contributed by atoms with van der Waals surface area (Å²) in [5.41, 5.74) is 5.21. The van der Waals surface area contributed by atoms with Gasteiger partial charge in [0.05, 0.1) is 17.1 Å². The molecule has 178 valence electrons. The van der Waals surface area contributed by atoms with Crippen LogP contribution in [0.1, 0.15) is 0 Å². The number of hydrogen-bond donors (Lipinski definition) is 0. The van der Waals surface area contributed by atoms with Crippen LogP contribution < -0.4 is 4.90 Å². The van der Waals surface area contributed by atoms with Gasteiger partial charge in [0.25, 0.3) is 0 Å². The molecule has 7 aromatic carbocycles. The summed E-state index contributed by atoms with van der Waals surface area (Å²) in [6.45, 7) is 0. The molecule has 2 heteroatoms. The van der Waals surface area contributed by atoms with Gasteiger partial charge in [0.1, 0.15) is 11.2 Å². The molecule has 0 unspecified atom stereocenters. The highest BCUT2D eigenvalue weighted by Gasteiger charge is 2.22. The molecular weight excluding hydrogens is 462 g/mol. The zero-order valence-electron chi connectivity index (χ0n) is 20.6. The molecule has 0 bridgehead atoms. The molecule has 0 N–H and O–H groups in total. The Morgan fingerprint density at radius 1 is 0.368 bits per heavy atom. The number of benzene rings is 7. The third kappa shape index (κ3) is 3.07. The second-order valence-corrected chi connectivity index (χ2v) is 9.75. The third-order valence-corrected chi connectivity index (χ3v) is 7.62. The van der Waals surface area contributed by atoms with Crippen LogP contribution >= 0.6 is 0 Å². The summed E-state index contributed by atoms with van der Waals surface area (Å²) < 4.78 is 6.58. The van der Waals surface area contributed by atoms with Crippen molar-refractivity contribution in [2.75, 3.05) is 4.90 Å². The summed E-state index contributed by atoms with van der Waals surface area (Å²) in [5.74, 6) is 0. The smallest absolute Gasteiger partial charge is 0.145 e. The quantitative estimate of drug-likeness (QED) is 0.247. The van der Waals surface area contributed by atoms with Gasteiger partial charge < -0.3 is 9.32 Å². The van der Waals surface area contributed by atoms with Crippen molar-refractivity contribution in [3.8, 4) is 0 Å². The monoisotopic (exact) mass is 485 g/mol. The van der Waals surface area contributed by atoms with Crippen LogP contribution in [0, 0.1) is 0 Å². The minimum Gasteiger partial charge on any atom is -0.455 e. The Balaban J connectivity index is 1.55. The Morgan fingerprint density at radius 3 is 1.58 bits per heavy atom. The Bertz CT molecular complexity index is 2060. The highest BCUT2D eigenvalue weighted by molar-refractivity contribution is 6.20. The predicted octanol–water partition coefficient (Wildman–Crippen LogP) is 10.5. The zero-order chi connectivity index (χ0) is 25.1. The van der Waals surface area contributed by atoms with Gasteiger partial charge in [-0.2, -0.15) is 0 Å². The zero-order valence-corrected chi connectivity index (χ0v) is 20.6. The third-order valence-electron chi connectivity index (χ3n) is 7.62. The lowest BCUT2D eigenvalue weighted by Gasteiger charge is -2.29. The molecule has 0 fully saturated rings. The van der Waals surface area contributed by atoms with E-state index in [-0.39, 0.29) is 0 Å². The van der Waals surface area contributed by atoms with Gasteiger partial charge in [0.15, 0.2) is 0 Å². The van der Waals surface area contributed by atoms with Crippen molar-refractivity contribution in [1.82, 2.24) is 0 Å².